The molecule has 0 radical (unpaired) electrons. The number of amides is 2. The highest BCUT2D eigenvalue weighted by molar-refractivity contribution is 6.30. The van der Waals surface area contributed by atoms with E-state index in [0.29, 0.717) is 28.4 Å². The third kappa shape index (κ3) is 5.14. The first-order valence-corrected chi connectivity index (χ1v) is 12.1. The van der Waals surface area contributed by atoms with E-state index in [1.54, 1.807) is 30.3 Å². The summed E-state index contributed by atoms with van der Waals surface area (Å²) in [6.45, 7) is 8.68. The lowest BCUT2D eigenvalue weighted by molar-refractivity contribution is -0.390. The number of anilines is 1. The summed E-state index contributed by atoms with van der Waals surface area (Å²) in [6, 6.07) is 11.9. The molecule has 33 heavy (non-hydrogen) atoms. The van der Waals surface area contributed by atoms with Crippen molar-refractivity contribution in [1.82, 2.24) is 9.80 Å². The van der Waals surface area contributed by atoms with Crippen molar-refractivity contribution in [2.45, 2.75) is 45.2 Å². The van der Waals surface area contributed by atoms with Gasteiger partial charge in [0.1, 0.15) is 5.69 Å². The number of aromatic nitrogens is 1. The summed E-state index contributed by atoms with van der Waals surface area (Å²) in [4.78, 5) is 34.5. The zero-order chi connectivity index (χ0) is 23.5. The summed E-state index contributed by atoms with van der Waals surface area (Å²) < 4.78 is 0. The van der Waals surface area contributed by atoms with Crippen molar-refractivity contribution in [3.05, 3.63) is 58.4 Å². The molecule has 0 unspecified atom stereocenters. The van der Waals surface area contributed by atoms with Crippen molar-refractivity contribution < 1.29 is 14.6 Å². The van der Waals surface area contributed by atoms with Crippen LogP contribution in [0.5, 0.6) is 0 Å². The van der Waals surface area contributed by atoms with Crippen molar-refractivity contribution in [1.29, 1.82) is 0 Å². The minimum atomic E-state index is -0.443. The van der Waals surface area contributed by atoms with Crippen molar-refractivity contribution in [2.24, 2.45) is 5.73 Å². The molecule has 0 aliphatic carbocycles. The maximum atomic E-state index is 12.8. The van der Waals surface area contributed by atoms with E-state index >= 15 is 0 Å². The van der Waals surface area contributed by atoms with Gasteiger partial charge in [-0.2, -0.15) is 0 Å². The van der Waals surface area contributed by atoms with Crippen molar-refractivity contribution in [3.8, 4) is 0 Å². The Morgan fingerprint density at radius 3 is 2.36 bits per heavy atom. The van der Waals surface area contributed by atoms with Crippen LogP contribution in [-0.2, 0) is 0 Å². The second-order valence-electron chi connectivity index (χ2n) is 9.02. The monoisotopic (exact) mass is 470 g/mol. The number of carbonyl (C=O) groups excluding carboxylic acids is 2. The summed E-state index contributed by atoms with van der Waals surface area (Å²) >= 11 is 5.96. The maximum Gasteiger partial charge on any atom is 0.313 e. The average Bonchev–Trinajstić information content (AvgIpc) is 2.83. The Hall–Kier alpha value is -2.64. The topological polar surface area (TPSA) is 84.0 Å². The molecule has 2 fully saturated rings. The Balaban J connectivity index is 1.37. The summed E-state index contributed by atoms with van der Waals surface area (Å²) in [7, 11) is 0. The third-order valence-corrected chi connectivity index (χ3v) is 7.28. The van der Waals surface area contributed by atoms with Gasteiger partial charge in [0.05, 0.1) is 0 Å². The minimum Gasteiger partial charge on any atom is -0.364 e. The largest absolute Gasteiger partial charge is 0.364 e. The average molecular weight is 471 g/mol. The smallest absolute Gasteiger partial charge is 0.313 e. The number of pyridine rings is 1. The number of likely N-dealkylation sites (tertiary alicyclic amines) is 1. The lowest BCUT2D eigenvalue weighted by Crippen LogP contribution is -2.58. The molecule has 3 N–H and O–H groups in total. The van der Waals surface area contributed by atoms with Crippen LogP contribution in [0.3, 0.4) is 0 Å². The fourth-order valence-electron chi connectivity index (χ4n) is 5.19. The van der Waals surface area contributed by atoms with E-state index in [1.807, 2.05) is 17.9 Å². The highest BCUT2D eigenvalue weighted by Crippen LogP contribution is 2.27. The van der Waals surface area contributed by atoms with E-state index in [4.69, 9.17) is 17.3 Å². The number of halogens is 1. The second-order valence-corrected chi connectivity index (χ2v) is 9.46. The Kier molecular flexibility index (Phi) is 7.20. The number of aromatic amines is 1. The predicted octanol–water partition coefficient (Wildman–Crippen LogP) is 2.77. The maximum absolute atomic E-state index is 12.8. The predicted molar refractivity (Wildman–Crippen MR) is 130 cm³/mol. The zero-order valence-electron chi connectivity index (χ0n) is 19.4. The molecule has 3 heterocycles. The summed E-state index contributed by atoms with van der Waals surface area (Å²) in [5.74, 6) is -0.352. The highest BCUT2D eigenvalue weighted by atomic mass is 35.5. The Morgan fingerprint density at radius 1 is 1.06 bits per heavy atom. The molecule has 2 aliphatic heterocycles. The quantitative estimate of drug-likeness (QED) is 0.728. The molecular formula is C25H33ClN5O2+. The molecule has 0 bridgehead atoms. The van der Waals surface area contributed by atoms with E-state index in [1.165, 1.54) is 0 Å². The number of benzene rings is 1. The third-order valence-electron chi connectivity index (χ3n) is 7.03. The summed E-state index contributed by atoms with van der Waals surface area (Å²) in [6.07, 6.45) is 3.06. The number of piperazine rings is 1. The number of carbonyl (C=O) groups is 2. The molecule has 7 nitrogen and oxygen atoms in total. The van der Waals surface area contributed by atoms with E-state index in [2.05, 4.69) is 21.7 Å². The van der Waals surface area contributed by atoms with Crippen LogP contribution in [0.2, 0.25) is 5.02 Å². The number of hydrogen-bond acceptors (Lipinski definition) is 4. The second kappa shape index (κ2) is 10.1. The van der Waals surface area contributed by atoms with Gasteiger partial charge in [0.15, 0.2) is 0 Å². The van der Waals surface area contributed by atoms with Gasteiger partial charge < -0.3 is 15.5 Å². The zero-order valence-corrected chi connectivity index (χ0v) is 20.1. The number of aryl methyl sites for hydroxylation is 1. The van der Waals surface area contributed by atoms with Gasteiger partial charge in [-0.1, -0.05) is 18.5 Å². The van der Waals surface area contributed by atoms with Crippen LogP contribution in [-0.4, -0.2) is 66.4 Å². The van der Waals surface area contributed by atoms with Gasteiger partial charge in [-0.15, -0.1) is 0 Å². The first kappa shape index (κ1) is 23.5. The van der Waals surface area contributed by atoms with Gasteiger partial charge in [0.25, 0.3) is 11.6 Å². The molecule has 8 heteroatoms. The molecule has 2 saturated heterocycles. The molecule has 1 aromatic heterocycles. The first-order valence-electron chi connectivity index (χ1n) is 11.8. The molecule has 0 spiro atoms. The van der Waals surface area contributed by atoms with Gasteiger partial charge in [0, 0.05) is 68.4 Å². The number of primary amides is 1. The summed E-state index contributed by atoms with van der Waals surface area (Å²) in [5.41, 5.74) is 8.62. The van der Waals surface area contributed by atoms with Crippen molar-refractivity contribution in [2.75, 3.05) is 37.6 Å². The Bertz CT molecular complexity index is 1000. The molecule has 1 aromatic carbocycles. The van der Waals surface area contributed by atoms with Gasteiger partial charge in [-0.25, -0.2) is 4.98 Å². The van der Waals surface area contributed by atoms with Crippen LogP contribution < -0.4 is 15.6 Å². The lowest BCUT2D eigenvalue weighted by atomic mass is 9.97. The molecule has 2 aromatic rings. The normalized spacial score (nSPS) is 20.2. The van der Waals surface area contributed by atoms with E-state index in [0.717, 1.165) is 63.4 Å². The molecule has 2 amide bonds. The van der Waals surface area contributed by atoms with Crippen LogP contribution in [0.15, 0.2) is 36.4 Å². The molecule has 1 atom stereocenters. The number of H-pyrrole nitrogens is 1. The molecule has 4 rings (SSSR count). The fourth-order valence-corrected chi connectivity index (χ4v) is 5.32. The molecule has 0 saturated carbocycles. The lowest BCUT2D eigenvalue weighted by Gasteiger charge is -2.47. The van der Waals surface area contributed by atoms with Gasteiger partial charge in [-0.05, 0) is 49.6 Å². The molecular weight excluding hydrogens is 438 g/mol. The van der Waals surface area contributed by atoms with Crippen LogP contribution in [0.4, 0.5) is 5.69 Å². The standard InChI is InChI=1S/C25H32ClN5O2/c1-3-20-16-30(23-9-8-22(24(27)32)28-17(23)2)14-15-31(20)21-10-12-29(13-11-21)25(33)18-4-6-19(26)7-5-18/h4-9,20-21H,3,10-16H2,1-2H3,(H2,27,32)/p+1/t20-/m0/s1. The molecule has 176 valence electrons. The van der Waals surface area contributed by atoms with E-state index < -0.39 is 5.91 Å². The number of rotatable bonds is 5. The fraction of sp³-hybridized carbons (Fsp3) is 0.480. The Labute approximate surface area is 200 Å². The number of piperidine rings is 1. The number of nitrogens with one attached hydrogen (secondary N) is 1. The minimum absolute atomic E-state index is 0.0908. The van der Waals surface area contributed by atoms with Crippen LogP contribution in [0.25, 0.3) is 0 Å². The first-order chi connectivity index (χ1) is 15.9. The Morgan fingerprint density at radius 2 is 1.76 bits per heavy atom. The highest BCUT2D eigenvalue weighted by Gasteiger charge is 2.35. The number of nitrogens with zero attached hydrogens (tertiary/aromatic N) is 3. The van der Waals surface area contributed by atoms with Crippen molar-refractivity contribution >= 4 is 29.1 Å². The van der Waals surface area contributed by atoms with E-state index in [9.17, 15) is 9.59 Å². The van der Waals surface area contributed by atoms with Crippen LogP contribution >= 0.6 is 11.6 Å². The van der Waals surface area contributed by atoms with Crippen molar-refractivity contribution in [3.63, 3.8) is 0 Å². The van der Waals surface area contributed by atoms with Crippen LogP contribution in [0.1, 0.15) is 52.7 Å². The summed E-state index contributed by atoms with van der Waals surface area (Å²) in [5, 5.41) is 0.645. The van der Waals surface area contributed by atoms with Crippen LogP contribution in [0, 0.1) is 6.92 Å². The molecule has 2 aliphatic rings. The van der Waals surface area contributed by atoms with Gasteiger partial charge in [0.2, 0.25) is 5.69 Å². The van der Waals surface area contributed by atoms with E-state index in [-0.39, 0.29) is 5.91 Å². The number of hydrogen-bond donors (Lipinski definition) is 1. The number of nitrogens with two attached hydrogens (primary N) is 1. The van der Waals surface area contributed by atoms with Gasteiger partial charge in [-0.3, -0.25) is 14.5 Å². The van der Waals surface area contributed by atoms with Gasteiger partial charge >= 0.3 is 5.91 Å². The SMILES string of the molecule is CC[C@H]1CN(c2ccc(C(N)=O)[nH+]c2C)CCN1C1CCN(C(=O)c2ccc(Cl)cc2)CC1.